The number of nitrogens with zero attached hydrogens (tertiary/aromatic N) is 5. The molecule has 43 heavy (non-hydrogen) atoms. The first kappa shape index (κ1) is 30.5. The Bertz CT molecular complexity index is 1450. The molecule has 2 aromatic carbocycles. The van der Waals surface area contributed by atoms with Gasteiger partial charge in [-0.3, -0.25) is 4.68 Å². The molecule has 13 heteroatoms. The van der Waals surface area contributed by atoms with Gasteiger partial charge in [0, 0.05) is 61.2 Å². The van der Waals surface area contributed by atoms with Gasteiger partial charge in [-0.15, -0.1) is 0 Å². The Kier molecular flexibility index (Phi) is 9.05. The quantitative estimate of drug-likeness (QED) is 0.307. The lowest BCUT2D eigenvalue weighted by Crippen LogP contribution is -2.48. The Morgan fingerprint density at radius 2 is 1.74 bits per heavy atom. The number of piperidine rings is 1. The lowest BCUT2D eigenvalue weighted by Gasteiger charge is -2.36. The smallest absolute Gasteiger partial charge is 0.433 e. The zero-order chi connectivity index (χ0) is 30.7. The Morgan fingerprint density at radius 1 is 1.02 bits per heavy atom. The van der Waals surface area contributed by atoms with Gasteiger partial charge in [-0.2, -0.15) is 18.3 Å². The highest BCUT2D eigenvalue weighted by atomic mass is 35.5. The van der Waals surface area contributed by atoms with E-state index in [0.29, 0.717) is 50.6 Å². The van der Waals surface area contributed by atoms with E-state index >= 15 is 0 Å². The van der Waals surface area contributed by atoms with Crippen LogP contribution in [0.1, 0.15) is 41.9 Å². The molecule has 0 radical (unpaired) electrons. The Hall–Kier alpha value is -3.93. The highest BCUT2D eigenvalue weighted by Crippen LogP contribution is 2.39. The van der Waals surface area contributed by atoms with Crippen LogP contribution in [-0.2, 0) is 15.7 Å². The number of carbonyl (C=O) groups is 2. The van der Waals surface area contributed by atoms with E-state index in [9.17, 15) is 22.8 Å². The van der Waals surface area contributed by atoms with Crippen LogP contribution in [0.15, 0.2) is 48.7 Å². The fourth-order valence-corrected chi connectivity index (χ4v) is 5.96. The summed E-state index contributed by atoms with van der Waals surface area (Å²) >= 11 is 6.41. The van der Waals surface area contributed by atoms with E-state index in [0.717, 1.165) is 33.4 Å². The summed E-state index contributed by atoms with van der Waals surface area (Å²) in [6.45, 7) is 4.88. The molecule has 5 rings (SSSR count). The van der Waals surface area contributed by atoms with Gasteiger partial charge < -0.3 is 24.2 Å². The lowest BCUT2D eigenvalue weighted by atomic mass is 9.99. The number of piperazine rings is 1. The molecule has 1 amide bonds. The average molecular weight is 620 g/mol. The van der Waals surface area contributed by atoms with Crippen molar-refractivity contribution in [2.45, 2.75) is 32.0 Å². The molecule has 0 spiro atoms. The van der Waals surface area contributed by atoms with Gasteiger partial charge >= 0.3 is 18.2 Å². The molecule has 2 aliphatic heterocycles. The Morgan fingerprint density at radius 3 is 2.40 bits per heavy atom. The Labute approximate surface area is 252 Å². The summed E-state index contributed by atoms with van der Waals surface area (Å²) in [6, 6.07) is 13.0. The first-order chi connectivity index (χ1) is 20.6. The number of hydrogen-bond donors (Lipinski definition) is 0. The zero-order valence-electron chi connectivity index (χ0n) is 23.9. The number of aromatic nitrogens is 2. The number of anilines is 2. The van der Waals surface area contributed by atoms with Crippen molar-refractivity contribution in [1.29, 1.82) is 0 Å². The van der Waals surface area contributed by atoms with Crippen molar-refractivity contribution in [1.82, 2.24) is 14.7 Å². The second-order valence-electron chi connectivity index (χ2n) is 10.5. The van der Waals surface area contributed by atoms with Gasteiger partial charge in [0.05, 0.1) is 26.0 Å². The van der Waals surface area contributed by atoms with Gasteiger partial charge in [0.1, 0.15) is 5.56 Å². The summed E-state index contributed by atoms with van der Waals surface area (Å²) in [5.41, 5.74) is 2.00. The molecule has 1 aromatic heterocycles. The minimum atomic E-state index is -4.78. The van der Waals surface area contributed by atoms with Crippen molar-refractivity contribution in [3.05, 3.63) is 64.9 Å². The number of hydrogen-bond acceptors (Lipinski definition) is 7. The molecule has 0 bridgehead atoms. The molecule has 2 saturated heterocycles. The minimum absolute atomic E-state index is 0.0386. The molecule has 0 saturated carbocycles. The maximum Gasteiger partial charge on any atom is 0.433 e. The summed E-state index contributed by atoms with van der Waals surface area (Å²) in [7, 11) is 1.38. The number of benzene rings is 2. The van der Waals surface area contributed by atoms with E-state index in [1.54, 1.807) is 17.9 Å². The van der Waals surface area contributed by atoms with Gasteiger partial charge in [0.15, 0.2) is 5.69 Å². The molecule has 2 fully saturated rings. The van der Waals surface area contributed by atoms with Gasteiger partial charge in [0.25, 0.3) is 0 Å². The maximum atomic E-state index is 14.2. The summed E-state index contributed by atoms with van der Waals surface area (Å²) < 4.78 is 53.1. The van der Waals surface area contributed by atoms with Crippen molar-refractivity contribution in [3.63, 3.8) is 0 Å². The first-order valence-corrected chi connectivity index (χ1v) is 14.5. The molecule has 1 unspecified atom stereocenters. The SMILES string of the molecule is CCOC(=O)c1cnn(C2CCCN(c3cc(Cl)ccc3-c3ccc(N4CCN(C(=O)OC)CC4)cc3)C2)c1C(F)(F)F. The molecule has 1 atom stereocenters. The monoisotopic (exact) mass is 619 g/mol. The lowest BCUT2D eigenvalue weighted by molar-refractivity contribution is -0.145. The Balaban J connectivity index is 1.38. The number of amides is 1. The van der Waals surface area contributed by atoms with Crippen molar-refractivity contribution < 1.29 is 32.2 Å². The third-order valence-electron chi connectivity index (χ3n) is 7.86. The van der Waals surface area contributed by atoms with Crippen LogP contribution < -0.4 is 9.80 Å². The molecule has 3 heterocycles. The summed E-state index contributed by atoms with van der Waals surface area (Å²) in [5, 5.41) is 4.53. The normalized spacial score (nSPS) is 17.6. The highest BCUT2D eigenvalue weighted by molar-refractivity contribution is 6.31. The van der Waals surface area contributed by atoms with Crippen LogP contribution in [0, 0.1) is 0 Å². The summed E-state index contributed by atoms with van der Waals surface area (Å²) in [4.78, 5) is 30.0. The molecule has 0 aliphatic carbocycles. The predicted molar refractivity (Wildman–Crippen MR) is 157 cm³/mol. The second kappa shape index (κ2) is 12.7. The number of carbonyl (C=O) groups excluding carboxylic acids is 2. The van der Waals surface area contributed by atoms with Crippen molar-refractivity contribution in [2.24, 2.45) is 0 Å². The van der Waals surface area contributed by atoms with Crippen LogP contribution in [0.2, 0.25) is 5.02 Å². The van der Waals surface area contributed by atoms with Gasteiger partial charge in [-0.1, -0.05) is 29.8 Å². The standard InChI is InChI=1S/C30H33ClF3N5O4/c1-3-43-28(40)25-18-35-39(27(25)30(32,33)34)23-5-4-12-38(19-23)26-17-21(31)8-11-24(26)20-6-9-22(10-7-20)36-13-15-37(16-14-36)29(41)42-2/h6-11,17-18,23H,3-5,12-16,19H2,1-2H3. The number of alkyl halides is 3. The van der Waals surface area contributed by atoms with E-state index in [1.165, 1.54) is 7.11 Å². The van der Waals surface area contributed by atoms with Gasteiger partial charge in [-0.25, -0.2) is 9.59 Å². The topological polar surface area (TPSA) is 80.1 Å². The van der Waals surface area contributed by atoms with E-state index in [-0.39, 0.29) is 19.2 Å². The molecule has 9 nitrogen and oxygen atoms in total. The number of rotatable bonds is 6. The van der Waals surface area contributed by atoms with Crippen LogP contribution in [-0.4, -0.2) is 79.7 Å². The van der Waals surface area contributed by atoms with Crippen LogP contribution in [0.5, 0.6) is 0 Å². The van der Waals surface area contributed by atoms with Gasteiger partial charge in [-0.05, 0) is 49.6 Å². The zero-order valence-corrected chi connectivity index (χ0v) is 24.7. The minimum Gasteiger partial charge on any atom is -0.462 e. The number of halogens is 4. The first-order valence-electron chi connectivity index (χ1n) is 14.1. The largest absolute Gasteiger partial charge is 0.462 e. The predicted octanol–water partition coefficient (Wildman–Crippen LogP) is 6.13. The third-order valence-corrected chi connectivity index (χ3v) is 8.09. The maximum absolute atomic E-state index is 14.2. The summed E-state index contributed by atoms with van der Waals surface area (Å²) in [6.07, 6.45) is -3.07. The molecule has 3 aromatic rings. The van der Waals surface area contributed by atoms with Crippen molar-refractivity contribution >= 4 is 35.0 Å². The fourth-order valence-electron chi connectivity index (χ4n) is 5.79. The van der Waals surface area contributed by atoms with Crippen LogP contribution in [0.25, 0.3) is 11.1 Å². The molecule has 230 valence electrons. The van der Waals surface area contributed by atoms with Crippen LogP contribution in [0.3, 0.4) is 0 Å². The third kappa shape index (κ3) is 6.53. The molecule has 0 N–H and O–H groups in total. The molecular formula is C30H33ClF3N5O4. The second-order valence-corrected chi connectivity index (χ2v) is 10.9. The van der Waals surface area contributed by atoms with Crippen molar-refractivity contribution in [2.75, 3.05) is 62.8 Å². The molecule has 2 aliphatic rings. The molecular weight excluding hydrogens is 587 g/mol. The van der Waals surface area contributed by atoms with Crippen LogP contribution >= 0.6 is 11.6 Å². The van der Waals surface area contributed by atoms with E-state index in [2.05, 4.69) is 10.00 Å². The summed E-state index contributed by atoms with van der Waals surface area (Å²) in [5.74, 6) is -1.04. The van der Waals surface area contributed by atoms with E-state index < -0.39 is 29.4 Å². The number of ether oxygens (including phenoxy) is 2. The highest BCUT2D eigenvalue weighted by Gasteiger charge is 2.42. The van der Waals surface area contributed by atoms with Crippen LogP contribution in [0.4, 0.5) is 29.3 Å². The number of methoxy groups -OCH3 is 1. The van der Waals surface area contributed by atoms with Gasteiger partial charge in [0.2, 0.25) is 0 Å². The number of esters is 1. The van der Waals surface area contributed by atoms with Crippen molar-refractivity contribution in [3.8, 4) is 11.1 Å². The van der Waals surface area contributed by atoms with E-state index in [1.807, 2.05) is 41.3 Å². The van der Waals surface area contributed by atoms with E-state index in [4.69, 9.17) is 21.1 Å². The average Bonchev–Trinajstić information content (AvgIpc) is 3.48. The fraction of sp³-hybridized carbons (Fsp3) is 0.433.